The second-order valence-electron chi connectivity index (χ2n) is 10.3. The van der Waals surface area contributed by atoms with E-state index in [9.17, 15) is 4.79 Å². The molecular weight excluding hydrogens is 552 g/mol. The number of aromatic amines is 1. The van der Waals surface area contributed by atoms with Gasteiger partial charge in [-0.25, -0.2) is 15.0 Å². The Hall–Kier alpha value is -4.49. The van der Waals surface area contributed by atoms with Crippen LogP contribution in [-0.4, -0.2) is 77.5 Å². The number of aryl methyl sites for hydroxylation is 3. The van der Waals surface area contributed by atoms with Crippen molar-refractivity contribution in [1.29, 1.82) is 0 Å². The number of fused-ring (bicyclic) bond motifs is 1. The second kappa shape index (κ2) is 11.8. The van der Waals surface area contributed by atoms with Crippen LogP contribution in [0, 0.1) is 13.8 Å². The monoisotopic (exact) mass is 584 g/mol. The number of nitrogens with one attached hydrogen (secondary N) is 3. The van der Waals surface area contributed by atoms with E-state index < -0.39 is 0 Å². The summed E-state index contributed by atoms with van der Waals surface area (Å²) in [6, 6.07) is 9.57. The summed E-state index contributed by atoms with van der Waals surface area (Å²) in [5.41, 5.74) is 5.24. The number of ether oxygens (including phenoxy) is 1. The van der Waals surface area contributed by atoms with Crippen LogP contribution >= 0.6 is 11.8 Å². The fraction of sp³-hybridized carbons (Fsp3) is 0.310. The van der Waals surface area contributed by atoms with Gasteiger partial charge in [0.05, 0.1) is 23.4 Å². The van der Waals surface area contributed by atoms with Crippen molar-refractivity contribution in [3.05, 3.63) is 60.2 Å². The average molecular weight is 585 g/mol. The van der Waals surface area contributed by atoms with Gasteiger partial charge < -0.3 is 20.4 Å². The smallest absolute Gasteiger partial charge is 0.238 e. The molecule has 1 aromatic carbocycles. The molecule has 1 aliphatic heterocycles. The van der Waals surface area contributed by atoms with Crippen LogP contribution < -0.4 is 15.4 Å². The van der Waals surface area contributed by atoms with Crippen LogP contribution in [0.25, 0.3) is 22.2 Å². The van der Waals surface area contributed by atoms with Crippen molar-refractivity contribution in [2.24, 2.45) is 7.05 Å². The molecule has 1 unspecified atom stereocenters. The summed E-state index contributed by atoms with van der Waals surface area (Å²) in [6.07, 6.45) is 8.16. The standard InChI is InChI=1S/C29H32N10O2S/c1-17-13-32-28(34-23-12-18(2)38(3)37-23)36-26(17)21-14-31-27-20(21)6-5-7-22(27)33-24(40)16-39-11-9-19(15-39)41-25-8-10-30-29(35-25)42-4/h5-8,10,12-14,19,31H,9,11,15-16H2,1-4H3,(H,33,40)(H,32,34,36,37). The third-order valence-electron chi connectivity index (χ3n) is 7.24. The first-order valence-electron chi connectivity index (χ1n) is 13.6. The van der Waals surface area contributed by atoms with Crippen molar-refractivity contribution in [3.8, 4) is 17.1 Å². The van der Waals surface area contributed by atoms with Crippen LogP contribution in [0.4, 0.5) is 17.5 Å². The van der Waals surface area contributed by atoms with Crippen molar-refractivity contribution in [2.75, 3.05) is 36.5 Å². The van der Waals surface area contributed by atoms with E-state index in [4.69, 9.17) is 9.72 Å². The zero-order valence-electron chi connectivity index (χ0n) is 23.9. The van der Waals surface area contributed by atoms with Gasteiger partial charge in [0.25, 0.3) is 0 Å². The van der Waals surface area contributed by atoms with Crippen LogP contribution in [0.2, 0.25) is 0 Å². The van der Waals surface area contributed by atoms with Gasteiger partial charge in [-0.1, -0.05) is 23.9 Å². The minimum atomic E-state index is -0.0821. The lowest BCUT2D eigenvalue weighted by Gasteiger charge is -2.16. The minimum absolute atomic E-state index is 0.0195. The number of anilines is 3. The van der Waals surface area contributed by atoms with Gasteiger partial charge >= 0.3 is 0 Å². The number of thioether (sulfide) groups is 1. The van der Waals surface area contributed by atoms with Crippen LogP contribution in [0.15, 0.2) is 54.1 Å². The molecule has 13 heteroatoms. The Labute approximate surface area is 247 Å². The molecule has 0 aliphatic carbocycles. The predicted octanol–water partition coefficient (Wildman–Crippen LogP) is 4.32. The number of rotatable bonds is 9. The molecule has 6 rings (SSSR count). The number of aromatic nitrogens is 7. The molecule has 0 saturated carbocycles. The van der Waals surface area contributed by atoms with Gasteiger partial charge in [0.15, 0.2) is 11.0 Å². The molecule has 1 amide bonds. The molecule has 1 saturated heterocycles. The van der Waals surface area contributed by atoms with E-state index in [1.165, 1.54) is 11.8 Å². The SMILES string of the molecule is CSc1nccc(OC2CCN(CC(=O)Nc3cccc4c(-c5nc(Nc6cc(C)n(C)n6)ncc5C)c[nH]c34)C2)n1. The van der Waals surface area contributed by atoms with Crippen molar-refractivity contribution in [3.63, 3.8) is 0 Å². The molecule has 216 valence electrons. The summed E-state index contributed by atoms with van der Waals surface area (Å²) < 4.78 is 7.84. The lowest BCUT2D eigenvalue weighted by atomic mass is 10.1. The number of likely N-dealkylation sites (tertiary alicyclic amines) is 1. The molecule has 1 atom stereocenters. The normalized spacial score (nSPS) is 15.3. The molecule has 5 aromatic rings. The minimum Gasteiger partial charge on any atom is -0.473 e. The average Bonchev–Trinajstić information content (AvgIpc) is 3.69. The number of nitrogens with zero attached hydrogens (tertiary/aromatic N) is 7. The number of H-pyrrole nitrogens is 1. The molecule has 0 radical (unpaired) electrons. The number of carbonyl (C=O) groups excluding carboxylic acids is 1. The number of hydrogen-bond donors (Lipinski definition) is 3. The topological polar surface area (TPSA) is 139 Å². The van der Waals surface area contributed by atoms with Gasteiger partial charge in [-0.05, 0) is 38.2 Å². The molecular formula is C29H32N10O2S. The Morgan fingerprint density at radius 3 is 2.90 bits per heavy atom. The van der Waals surface area contributed by atoms with Crippen LogP contribution in [0.3, 0.4) is 0 Å². The molecule has 0 bridgehead atoms. The maximum absolute atomic E-state index is 13.1. The maximum atomic E-state index is 13.1. The first-order valence-corrected chi connectivity index (χ1v) is 14.9. The summed E-state index contributed by atoms with van der Waals surface area (Å²) in [5.74, 6) is 1.63. The van der Waals surface area contributed by atoms with Crippen LogP contribution in [-0.2, 0) is 11.8 Å². The first-order chi connectivity index (χ1) is 20.4. The maximum Gasteiger partial charge on any atom is 0.238 e. The van der Waals surface area contributed by atoms with Crippen molar-refractivity contribution >= 4 is 46.0 Å². The van der Waals surface area contributed by atoms with E-state index in [0.717, 1.165) is 52.1 Å². The fourth-order valence-electron chi connectivity index (χ4n) is 5.06. The molecule has 4 aromatic heterocycles. The highest BCUT2D eigenvalue weighted by molar-refractivity contribution is 7.98. The zero-order chi connectivity index (χ0) is 29.2. The van der Waals surface area contributed by atoms with Crippen LogP contribution in [0.5, 0.6) is 5.88 Å². The number of benzene rings is 1. The van der Waals surface area contributed by atoms with Gasteiger partial charge in [-0.2, -0.15) is 10.1 Å². The van der Waals surface area contributed by atoms with E-state index in [2.05, 4.69) is 40.6 Å². The summed E-state index contributed by atoms with van der Waals surface area (Å²) in [4.78, 5) is 36.3. The van der Waals surface area contributed by atoms with E-state index in [0.29, 0.717) is 29.3 Å². The van der Waals surface area contributed by atoms with Gasteiger partial charge in [-0.3, -0.25) is 14.4 Å². The van der Waals surface area contributed by atoms with E-state index in [1.54, 1.807) is 23.1 Å². The third kappa shape index (κ3) is 5.92. The summed E-state index contributed by atoms with van der Waals surface area (Å²) in [7, 11) is 1.89. The summed E-state index contributed by atoms with van der Waals surface area (Å²) in [5, 5.41) is 12.4. The van der Waals surface area contributed by atoms with Gasteiger partial charge in [0.2, 0.25) is 17.7 Å². The number of hydrogen-bond acceptors (Lipinski definition) is 10. The number of carbonyl (C=O) groups is 1. The van der Waals surface area contributed by atoms with Gasteiger partial charge in [0, 0.05) is 67.5 Å². The summed E-state index contributed by atoms with van der Waals surface area (Å²) in [6.45, 7) is 5.67. The van der Waals surface area contributed by atoms with E-state index in [1.807, 2.05) is 57.6 Å². The highest BCUT2D eigenvalue weighted by atomic mass is 32.2. The molecule has 3 N–H and O–H groups in total. The third-order valence-corrected chi connectivity index (χ3v) is 7.81. The Kier molecular flexibility index (Phi) is 7.76. The Morgan fingerprint density at radius 1 is 1.21 bits per heavy atom. The lowest BCUT2D eigenvalue weighted by Crippen LogP contribution is -2.33. The second-order valence-corrected chi connectivity index (χ2v) is 11.0. The fourth-order valence-corrected chi connectivity index (χ4v) is 5.40. The first kappa shape index (κ1) is 27.7. The van der Waals surface area contributed by atoms with Crippen molar-refractivity contribution in [2.45, 2.75) is 31.5 Å². The Morgan fingerprint density at radius 2 is 2.10 bits per heavy atom. The molecule has 12 nitrogen and oxygen atoms in total. The molecule has 1 fully saturated rings. The zero-order valence-corrected chi connectivity index (χ0v) is 24.7. The predicted molar refractivity (Wildman–Crippen MR) is 163 cm³/mol. The Bertz CT molecular complexity index is 1730. The Balaban J connectivity index is 1.13. The largest absolute Gasteiger partial charge is 0.473 e. The number of amides is 1. The molecule has 42 heavy (non-hydrogen) atoms. The van der Waals surface area contributed by atoms with Crippen molar-refractivity contribution in [1.82, 2.24) is 39.6 Å². The summed E-state index contributed by atoms with van der Waals surface area (Å²) >= 11 is 1.47. The van der Waals surface area contributed by atoms with Crippen molar-refractivity contribution < 1.29 is 9.53 Å². The molecule has 0 spiro atoms. The van der Waals surface area contributed by atoms with Gasteiger partial charge in [-0.15, -0.1) is 0 Å². The van der Waals surface area contributed by atoms with E-state index in [-0.39, 0.29) is 18.6 Å². The van der Waals surface area contributed by atoms with Crippen LogP contribution in [0.1, 0.15) is 17.7 Å². The highest BCUT2D eigenvalue weighted by Crippen LogP contribution is 2.33. The molecule has 5 heterocycles. The lowest BCUT2D eigenvalue weighted by molar-refractivity contribution is -0.117. The highest BCUT2D eigenvalue weighted by Gasteiger charge is 2.26. The van der Waals surface area contributed by atoms with E-state index >= 15 is 0 Å². The van der Waals surface area contributed by atoms with Gasteiger partial charge in [0.1, 0.15) is 6.10 Å². The number of para-hydroxylation sites is 1. The molecule has 1 aliphatic rings. The quantitative estimate of drug-likeness (QED) is 0.170.